The van der Waals surface area contributed by atoms with Gasteiger partial charge in [-0.05, 0) is 19.3 Å². The quantitative estimate of drug-likeness (QED) is 0.792. The number of rotatable bonds is 6. The van der Waals surface area contributed by atoms with Crippen molar-refractivity contribution in [3.8, 4) is 0 Å². The summed E-state index contributed by atoms with van der Waals surface area (Å²) in [7, 11) is 0. The lowest BCUT2D eigenvalue weighted by molar-refractivity contribution is -0.136. The molecular weight excluding hydrogens is 224 g/mol. The van der Waals surface area contributed by atoms with Gasteiger partial charge in [0, 0.05) is 25.6 Å². The van der Waals surface area contributed by atoms with Crippen LogP contribution in [0.25, 0.3) is 0 Å². The van der Waals surface area contributed by atoms with Crippen molar-refractivity contribution in [2.45, 2.75) is 64.7 Å². The molecular formula is C15H30N2O. The second kappa shape index (κ2) is 9.37. The number of hydrogen-bond acceptors (Lipinski definition) is 2. The van der Waals surface area contributed by atoms with E-state index in [1.54, 1.807) is 0 Å². The molecule has 2 N–H and O–H groups in total. The van der Waals surface area contributed by atoms with E-state index in [1.807, 2.05) is 4.90 Å². The van der Waals surface area contributed by atoms with Gasteiger partial charge in [0.25, 0.3) is 0 Å². The highest BCUT2D eigenvalue weighted by Gasteiger charge is 2.23. The first kappa shape index (κ1) is 15.5. The van der Waals surface area contributed by atoms with E-state index >= 15 is 0 Å². The van der Waals surface area contributed by atoms with Gasteiger partial charge in [-0.3, -0.25) is 4.79 Å². The van der Waals surface area contributed by atoms with E-state index < -0.39 is 0 Å². The monoisotopic (exact) mass is 254 g/mol. The van der Waals surface area contributed by atoms with E-state index in [-0.39, 0.29) is 5.92 Å². The first-order chi connectivity index (χ1) is 8.79. The maximum atomic E-state index is 12.5. The molecule has 0 aromatic heterocycles. The van der Waals surface area contributed by atoms with Crippen LogP contribution in [-0.2, 0) is 4.79 Å². The fraction of sp³-hybridized carbons (Fsp3) is 0.933. The third-order valence-electron chi connectivity index (χ3n) is 3.95. The van der Waals surface area contributed by atoms with Crippen LogP contribution in [0.5, 0.6) is 0 Å². The Bertz CT molecular complexity index is 216. The fourth-order valence-corrected chi connectivity index (χ4v) is 2.80. The van der Waals surface area contributed by atoms with Crippen molar-refractivity contribution in [2.75, 3.05) is 19.6 Å². The zero-order chi connectivity index (χ0) is 13.2. The number of nitrogens with zero attached hydrogens (tertiary/aromatic N) is 1. The summed E-state index contributed by atoms with van der Waals surface area (Å²) in [6.07, 6.45) is 10.8. The Morgan fingerprint density at radius 3 is 2.28 bits per heavy atom. The van der Waals surface area contributed by atoms with Gasteiger partial charge in [-0.1, -0.05) is 45.4 Å². The van der Waals surface area contributed by atoms with Gasteiger partial charge in [-0.15, -0.1) is 0 Å². The molecule has 0 unspecified atom stereocenters. The molecule has 0 aromatic carbocycles. The van der Waals surface area contributed by atoms with Gasteiger partial charge < -0.3 is 10.6 Å². The van der Waals surface area contributed by atoms with Crippen molar-refractivity contribution in [1.82, 2.24) is 4.90 Å². The van der Waals surface area contributed by atoms with Gasteiger partial charge in [-0.2, -0.15) is 0 Å². The van der Waals surface area contributed by atoms with Crippen LogP contribution in [-0.4, -0.2) is 30.4 Å². The minimum absolute atomic E-state index is 0.272. The zero-order valence-corrected chi connectivity index (χ0v) is 12.0. The maximum absolute atomic E-state index is 12.5. The minimum atomic E-state index is 0.272. The molecule has 0 saturated heterocycles. The van der Waals surface area contributed by atoms with Crippen LogP contribution in [0.1, 0.15) is 64.7 Å². The van der Waals surface area contributed by atoms with Gasteiger partial charge in [0.2, 0.25) is 5.91 Å². The molecule has 1 rings (SSSR count). The van der Waals surface area contributed by atoms with E-state index in [9.17, 15) is 4.79 Å². The largest absolute Gasteiger partial charge is 0.341 e. The van der Waals surface area contributed by atoms with Crippen LogP contribution in [0, 0.1) is 5.92 Å². The number of carbonyl (C=O) groups excluding carboxylic acids is 1. The second-order valence-electron chi connectivity index (χ2n) is 5.51. The lowest BCUT2D eigenvalue weighted by atomic mass is 9.90. The molecule has 1 saturated carbocycles. The smallest absolute Gasteiger partial charge is 0.225 e. The molecule has 1 amide bonds. The standard InChI is InChI=1S/C15H30N2O/c1-2-3-12-17(13-11-16)15(18)14-9-7-5-4-6-8-10-14/h14H,2-13,16H2,1H3. The molecule has 0 aromatic rings. The Morgan fingerprint density at radius 2 is 1.72 bits per heavy atom. The topological polar surface area (TPSA) is 46.3 Å². The molecule has 18 heavy (non-hydrogen) atoms. The molecule has 1 fully saturated rings. The highest BCUT2D eigenvalue weighted by molar-refractivity contribution is 5.78. The number of nitrogens with two attached hydrogens (primary N) is 1. The van der Waals surface area contributed by atoms with Crippen LogP contribution in [0.4, 0.5) is 0 Å². The molecule has 0 bridgehead atoms. The molecule has 1 aliphatic carbocycles. The van der Waals surface area contributed by atoms with Gasteiger partial charge in [0.1, 0.15) is 0 Å². The Morgan fingerprint density at radius 1 is 1.11 bits per heavy atom. The predicted molar refractivity (Wildman–Crippen MR) is 76.4 cm³/mol. The summed E-state index contributed by atoms with van der Waals surface area (Å²) in [4.78, 5) is 14.5. The summed E-state index contributed by atoms with van der Waals surface area (Å²) in [6.45, 7) is 4.38. The van der Waals surface area contributed by atoms with Crippen LogP contribution in [0.3, 0.4) is 0 Å². The van der Waals surface area contributed by atoms with Crippen molar-refractivity contribution in [3.05, 3.63) is 0 Å². The van der Waals surface area contributed by atoms with Crippen molar-refractivity contribution < 1.29 is 4.79 Å². The minimum Gasteiger partial charge on any atom is -0.341 e. The Labute approximate surface area is 112 Å². The third kappa shape index (κ3) is 5.38. The molecule has 0 atom stereocenters. The summed E-state index contributed by atoms with van der Waals surface area (Å²) >= 11 is 0. The van der Waals surface area contributed by atoms with Gasteiger partial charge in [0.05, 0.1) is 0 Å². The summed E-state index contributed by atoms with van der Waals surface area (Å²) in [5, 5.41) is 0. The van der Waals surface area contributed by atoms with Gasteiger partial charge in [-0.25, -0.2) is 0 Å². The first-order valence-electron chi connectivity index (χ1n) is 7.78. The molecule has 3 nitrogen and oxygen atoms in total. The van der Waals surface area contributed by atoms with Crippen LogP contribution in [0.2, 0.25) is 0 Å². The lowest BCUT2D eigenvalue weighted by Gasteiger charge is -2.28. The van der Waals surface area contributed by atoms with Crippen molar-refractivity contribution in [2.24, 2.45) is 11.7 Å². The average Bonchev–Trinajstić information content (AvgIpc) is 2.33. The highest BCUT2D eigenvalue weighted by Crippen LogP contribution is 2.24. The molecule has 0 heterocycles. The summed E-state index contributed by atoms with van der Waals surface area (Å²) in [5.74, 6) is 0.643. The average molecular weight is 254 g/mol. The van der Waals surface area contributed by atoms with Crippen LogP contribution in [0.15, 0.2) is 0 Å². The Balaban J connectivity index is 2.49. The summed E-state index contributed by atoms with van der Waals surface area (Å²) in [6, 6.07) is 0. The van der Waals surface area contributed by atoms with Crippen molar-refractivity contribution in [3.63, 3.8) is 0 Å². The number of carbonyl (C=O) groups is 1. The molecule has 1 aliphatic rings. The van der Waals surface area contributed by atoms with Crippen molar-refractivity contribution >= 4 is 5.91 Å². The number of amides is 1. The second-order valence-corrected chi connectivity index (χ2v) is 5.51. The van der Waals surface area contributed by atoms with E-state index in [4.69, 9.17) is 5.73 Å². The van der Waals surface area contributed by atoms with Crippen molar-refractivity contribution in [1.29, 1.82) is 0 Å². The Kier molecular flexibility index (Phi) is 8.06. The van der Waals surface area contributed by atoms with E-state index in [0.717, 1.165) is 38.8 Å². The maximum Gasteiger partial charge on any atom is 0.225 e. The third-order valence-corrected chi connectivity index (χ3v) is 3.95. The predicted octanol–water partition coefficient (Wildman–Crippen LogP) is 2.93. The highest BCUT2D eigenvalue weighted by atomic mass is 16.2. The molecule has 106 valence electrons. The van der Waals surface area contributed by atoms with E-state index in [2.05, 4.69) is 6.92 Å². The summed E-state index contributed by atoms with van der Waals surface area (Å²) in [5.41, 5.74) is 5.63. The number of unbranched alkanes of at least 4 members (excludes halogenated alkanes) is 1. The van der Waals surface area contributed by atoms with E-state index in [1.165, 1.54) is 32.1 Å². The van der Waals surface area contributed by atoms with Gasteiger partial charge in [0.15, 0.2) is 0 Å². The Hall–Kier alpha value is -0.570. The normalized spacial score (nSPS) is 18.1. The molecule has 3 heteroatoms. The van der Waals surface area contributed by atoms with Crippen LogP contribution >= 0.6 is 0 Å². The fourth-order valence-electron chi connectivity index (χ4n) is 2.80. The molecule has 0 radical (unpaired) electrons. The van der Waals surface area contributed by atoms with Crippen LogP contribution < -0.4 is 5.73 Å². The van der Waals surface area contributed by atoms with E-state index in [0.29, 0.717) is 12.5 Å². The molecule has 0 aliphatic heterocycles. The SMILES string of the molecule is CCCCN(CCN)C(=O)C1CCCCCCC1. The number of hydrogen-bond donors (Lipinski definition) is 1. The lowest BCUT2D eigenvalue weighted by Crippen LogP contribution is -2.40. The first-order valence-corrected chi connectivity index (χ1v) is 7.78. The molecule has 0 spiro atoms. The zero-order valence-electron chi connectivity index (χ0n) is 12.0. The summed E-state index contributed by atoms with van der Waals surface area (Å²) < 4.78 is 0. The van der Waals surface area contributed by atoms with Gasteiger partial charge >= 0.3 is 0 Å².